The largest absolute Gasteiger partial charge is 0.493 e. The summed E-state index contributed by atoms with van der Waals surface area (Å²) >= 11 is 1.68. The van der Waals surface area contributed by atoms with Gasteiger partial charge >= 0.3 is 0 Å². The fourth-order valence-corrected chi connectivity index (χ4v) is 2.67. The number of hydrogen-bond acceptors (Lipinski definition) is 5. The molecule has 1 aromatic heterocycles. The van der Waals surface area contributed by atoms with Crippen molar-refractivity contribution in [2.24, 2.45) is 5.92 Å². The van der Waals surface area contributed by atoms with E-state index in [1.807, 2.05) is 30.3 Å². The molecule has 0 unspecified atom stereocenters. The minimum Gasteiger partial charge on any atom is -0.493 e. The molecule has 0 aliphatic heterocycles. The molecule has 1 heterocycles. The van der Waals surface area contributed by atoms with E-state index in [1.165, 1.54) is 0 Å². The maximum absolute atomic E-state index is 5.67. The minimum absolute atomic E-state index is 0.643. The molecule has 0 radical (unpaired) electrons. The summed E-state index contributed by atoms with van der Waals surface area (Å²) < 4.78 is 5.67. The number of ether oxygens (including phenoxy) is 1. The van der Waals surface area contributed by atoms with E-state index < -0.39 is 0 Å². The average Bonchev–Trinajstić information content (AvgIpc) is 2.92. The third kappa shape index (κ3) is 6.23. The van der Waals surface area contributed by atoms with Gasteiger partial charge in [0.05, 0.1) is 6.61 Å². The van der Waals surface area contributed by atoms with Gasteiger partial charge in [0.2, 0.25) is 0 Å². The zero-order chi connectivity index (χ0) is 14.9. The first kappa shape index (κ1) is 15.9. The second-order valence-electron chi connectivity index (χ2n) is 5.35. The molecule has 0 saturated heterocycles. The van der Waals surface area contributed by atoms with Crippen LogP contribution < -0.4 is 10.1 Å². The van der Waals surface area contributed by atoms with E-state index in [0.717, 1.165) is 41.7 Å². The normalized spacial score (nSPS) is 11.0. The Labute approximate surface area is 130 Å². The van der Waals surface area contributed by atoms with Gasteiger partial charge in [-0.15, -0.1) is 21.5 Å². The molecule has 0 spiro atoms. The molecule has 0 aliphatic rings. The van der Waals surface area contributed by atoms with Crippen molar-refractivity contribution in [2.75, 3.05) is 19.7 Å². The van der Waals surface area contributed by atoms with E-state index in [9.17, 15) is 0 Å². The van der Waals surface area contributed by atoms with Crippen LogP contribution in [-0.2, 0) is 12.8 Å². The lowest BCUT2D eigenvalue weighted by molar-refractivity contribution is 0.321. The van der Waals surface area contributed by atoms with Crippen molar-refractivity contribution >= 4 is 11.3 Å². The monoisotopic (exact) mass is 305 g/mol. The third-order valence-corrected chi connectivity index (χ3v) is 3.95. The quantitative estimate of drug-likeness (QED) is 0.724. The van der Waals surface area contributed by atoms with Crippen LogP contribution in [0.1, 0.15) is 23.9 Å². The Hall–Kier alpha value is -1.46. The van der Waals surface area contributed by atoms with Crippen molar-refractivity contribution in [3.63, 3.8) is 0 Å². The van der Waals surface area contributed by atoms with Gasteiger partial charge in [-0.3, -0.25) is 0 Å². The molecule has 5 heteroatoms. The Balaban J connectivity index is 1.66. The van der Waals surface area contributed by atoms with E-state index in [4.69, 9.17) is 4.74 Å². The van der Waals surface area contributed by atoms with Crippen LogP contribution in [0.25, 0.3) is 0 Å². The highest BCUT2D eigenvalue weighted by atomic mass is 32.1. The first-order chi connectivity index (χ1) is 10.2. The lowest BCUT2D eigenvalue weighted by atomic mass is 10.2. The van der Waals surface area contributed by atoms with Gasteiger partial charge in [0.1, 0.15) is 15.8 Å². The summed E-state index contributed by atoms with van der Waals surface area (Å²) in [5.74, 6) is 1.59. The van der Waals surface area contributed by atoms with Gasteiger partial charge in [0, 0.05) is 19.4 Å². The molecule has 0 fully saturated rings. The molecule has 0 aliphatic carbocycles. The van der Waals surface area contributed by atoms with E-state index in [-0.39, 0.29) is 0 Å². The maximum Gasteiger partial charge on any atom is 0.120 e. The Morgan fingerprint density at radius 3 is 2.52 bits per heavy atom. The van der Waals surface area contributed by atoms with Crippen LogP contribution in [0.2, 0.25) is 0 Å². The minimum atomic E-state index is 0.643. The zero-order valence-electron chi connectivity index (χ0n) is 12.7. The van der Waals surface area contributed by atoms with Gasteiger partial charge in [-0.1, -0.05) is 32.0 Å². The molecular formula is C16H23N3OS. The molecule has 1 aromatic carbocycles. The standard InChI is InChI=1S/C16H23N3OS/c1-13(2)12-17-10-8-15-18-19-16(21-15)9-11-20-14-6-4-3-5-7-14/h3-7,13,17H,8-12H2,1-2H3. The Kier molecular flexibility index (Phi) is 6.63. The summed E-state index contributed by atoms with van der Waals surface area (Å²) in [5, 5.41) is 14.0. The topological polar surface area (TPSA) is 47.0 Å². The molecule has 0 bridgehead atoms. The predicted molar refractivity (Wildman–Crippen MR) is 87.0 cm³/mol. The third-order valence-electron chi connectivity index (χ3n) is 2.90. The molecule has 1 N–H and O–H groups in total. The van der Waals surface area contributed by atoms with Gasteiger partial charge in [-0.2, -0.15) is 0 Å². The molecule has 114 valence electrons. The Morgan fingerprint density at radius 1 is 1.10 bits per heavy atom. The summed E-state index contributed by atoms with van der Waals surface area (Å²) in [6.07, 6.45) is 1.76. The van der Waals surface area contributed by atoms with Crippen LogP contribution in [0.15, 0.2) is 30.3 Å². The van der Waals surface area contributed by atoms with Gasteiger partial charge in [0.25, 0.3) is 0 Å². The second kappa shape index (κ2) is 8.74. The van der Waals surface area contributed by atoms with Crippen molar-refractivity contribution in [1.29, 1.82) is 0 Å². The molecule has 21 heavy (non-hydrogen) atoms. The number of hydrogen-bond donors (Lipinski definition) is 1. The van der Waals surface area contributed by atoms with Gasteiger partial charge in [-0.05, 0) is 24.6 Å². The zero-order valence-corrected chi connectivity index (χ0v) is 13.5. The van der Waals surface area contributed by atoms with Crippen molar-refractivity contribution in [3.8, 4) is 5.75 Å². The van der Waals surface area contributed by atoms with Crippen LogP contribution in [0.3, 0.4) is 0 Å². The van der Waals surface area contributed by atoms with Crippen LogP contribution >= 0.6 is 11.3 Å². The highest BCUT2D eigenvalue weighted by molar-refractivity contribution is 7.11. The van der Waals surface area contributed by atoms with E-state index in [1.54, 1.807) is 11.3 Å². The maximum atomic E-state index is 5.67. The smallest absolute Gasteiger partial charge is 0.120 e. The number of nitrogens with one attached hydrogen (secondary N) is 1. The molecule has 2 rings (SSSR count). The average molecular weight is 305 g/mol. The highest BCUT2D eigenvalue weighted by Crippen LogP contribution is 2.13. The molecule has 0 atom stereocenters. The van der Waals surface area contributed by atoms with Gasteiger partial charge in [-0.25, -0.2) is 0 Å². The molecule has 4 nitrogen and oxygen atoms in total. The number of para-hydroxylation sites is 1. The lowest BCUT2D eigenvalue weighted by Crippen LogP contribution is -2.22. The second-order valence-corrected chi connectivity index (χ2v) is 6.50. The molecular weight excluding hydrogens is 282 g/mol. The summed E-state index contributed by atoms with van der Waals surface area (Å²) in [4.78, 5) is 0. The van der Waals surface area contributed by atoms with Crippen LogP contribution in [0.5, 0.6) is 5.75 Å². The van der Waals surface area contributed by atoms with E-state index in [2.05, 4.69) is 29.4 Å². The van der Waals surface area contributed by atoms with Gasteiger partial charge in [0.15, 0.2) is 0 Å². The van der Waals surface area contributed by atoms with Crippen LogP contribution in [0.4, 0.5) is 0 Å². The van der Waals surface area contributed by atoms with Crippen LogP contribution in [-0.4, -0.2) is 29.9 Å². The predicted octanol–water partition coefficient (Wildman–Crippen LogP) is 2.95. The summed E-state index contributed by atoms with van der Waals surface area (Å²) in [6.45, 7) is 7.08. The van der Waals surface area contributed by atoms with Crippen molar-refractivity contribution in [3.05, 3.63) is 40.3 Å². The fourth-order valence-electron chi connectivity index (χ4n) is 1.85. The van der Waals surface area contributed by atoms with Crippen molar-refractivity contribution in [2.45, 2.75) is 26.7 Å². The summed E-state index contributed by atoms with van der Waals surface area (Å²) in [6, 6.07) is 9.86. The first-order valence-corrected chi connectivity index (χ1v) is 8.25. The van der Waals surface area contributed by atoms with Crippen LogP contribution in [0, 0.1) is 5.92 Å². The molecule has 0 amide bonds. The SMILES string of the molecule is CC(C)CNCCc1nnc(CCOc2ccccc2)s1. The molecule has 2 aromatic rings. The van der Waals surface area contributed by atoms with Crippen molar-refractivity contribution in [1.82, 2.24) is 15.5 Å². The lowest BCUT2D eigenvalue weighted by Gasteiger charge is -2.05. The highest BCUT2D eigenvalue weighted by Gasteiger charge is 2.04. The van der Waals surface area contributed by atoms with Crippen molar-refractivity contribution < 1.29 is 4.74 Å². The van der Waals surface area contributed by atoms with E-state index >= 15 is 0 Å². The number of aromatic nitrogens is 2. The molecule has 0 saturated carbocycles. The summed E-state index contributed by atoms with van der Waals surface area (Å²) in [7, 11) is 0. The number of benzene rings is 1. The first-order valence-electron chi connectivity index (χ1n) is 7.44. The van der Waals surface area contributed by atoms with E-state index in [0.29, 0.717) is 12.5 Å². The fraction of sp³-hybridized carbons (Fsp3) is 0.500. The number of rotatable bonds is 9. The summed E-state index contributed by atoms with van der Waals surface area (Å²) in [5.41, 5.74) is 0. The number of nitrogens with zero attached hydrogens (tertiary/aromatic N) is 2. The Morgan fingerprint density at radius 2 is 1.81 bits per heavy atom. The Bertz CT molecular complexity index is 513. The van der Waals surface area contributed by atoms with Gasteiger partial charge < -0.3 is 10.1 Å².